The SMILES string of the molecule is COC(=O)[C@H](CS[As](O)c1ccc(S(=O)(=O)O)cc1)N=C(C)[O-]. The molecule has 0 aromatic heterocycles. The van der Waals surface area contributed by atoms with Crippen LogP contribution in [0.2, 0.25) is 0 Å². The van der Waals surface area contributed by atoms with Crippen LogP contribution < -0.4 is 9.46 Å². The molecule has 128 valence electrons. The maximum atomic E-state index is 11.5. The summed E-state index contributed by atoms with van der Waals surface area (Å²) in [5.41, 5.74) is 0. The van der Waals surface area contributed by atoms with Crippen molar-refractivity contribution in [2.24, 2.45) is 4.99 Å². The summed E-state index contributed by atoms with van der Waals surface area (Å²) in [5, 5.41) is 11.0. The Morgan fingerprint density at radius 2 is 2.00 bits per heavy atom. The predicted octanol–water partition coefficient (Wildman–Crippen LogP) is -1.33. The zero-order chi connectivity index (χ0) is 17.6. The molecule has 2 N–H and O–H groups in total. The summed E-state index contributed by atoms with van der Waals surface area (Å²) in [5.74, 6) is -1.12. The van der Waals surface area contributed by atoms with Crippen molar-refractivity contribution in [1.29, 1.82) is 0 Å². The van der Waals surface area contributed by atoms with E-state index in [0.717, 1.165) is 10.0 Å². The van der Waals surface area contributed by atoms with Gasteiger partial charge in [-0.25, -0.2) is 0 Å². The Morgan fingerprint density at radius 1 is 1.43 bits per heavy atom. The molecular formula is C12H15AsNO7S2-. The van der Waals surface area contributed by atoms with E-state index in [1.807, 2.05) is 0 Å². The van der Waals surface area contributed by atoms with E-state index in [1.165, 1.54) is 38.3 Å². The summed E-state index contributed by atoms with van der Waals surface area (Å²) in [6.07, 6.45) is 0. The van der Waals surface area contributed by atoms with Crippen LogP contribution in [0.15, 0.2) is 34.2 Å². The first-order valence-corrected chi connectivity index (χ1v) is 12.6. The van der Waals surface area contributed by atoms with Crippen molar-refractivity contribution in [1.82, 2.24) is 0 Å². The minimum atomic E-state index is -4.29. The van der Waals surface area contributed by atoms with Gasteiger partial charge in [-0.1, -0.05) is 0 Å². The van der Waals surface area contributed by atoms with Gasteiger partial charge in [-0.3, -0.25) is 0 Å². The number of carbonyl (C=O) groups excluding carboxylic acids is 1. The summed E-state index contributed by atoms with van der Waals surface area (Å²) >= 11 is -2.60. The van der Waals surface area contributed by atoms with Gasteiger partial charge in [0.1, 0.15) is 0 Å². The van der Waals surface area contributed by atoms with Gasteiger partial charge in [-0.05, 0) is 0 Å². The van der Waals surface area contributed by atoms with E-state index in [4.69, 9.17) is 4.55 Å². The van der Waals surface area contributed by atoms with Gasteiger partial charge in [0, 0.05) is 0 Å². The van der Waals surface area contributed by atoms with Crippen LogP contribution in [0.4, 0.5) is 0 Å². The van der Waals surface area contributed by atoms with Crippen LogP contribution in [-0.4, -0.2) is 61.7 Å². The maximum absolute atomic E-state index is 11.5. The number of esters is 1. The second-order valence-electron chi connectivity index (χ2n) is 4.22. The van der Waals surface area contributed by atoms with E-state index < -0.39 is 41.9 Å². The van der Waals surface area contributed by atoms with Crippen molar-refractivity contribution in [2.45, 2.75) is 17.9 Å². The Kier molecular flexibility index (Phi) is 7.56. The molecule has 1 aromatic carbocycles. The second-order valence-corrected chi connectivity index (χ2v) is 11.9. The fourth-order valence-electron chi connectivity index (χ4n) is 1.47. The van der Waals surface area contributed by atoms with Crippen LogP contribution in [0.5, 0.6) is 0 Å². The van der Waals surface area contributed by atoms with E-state index in [0.29, 0.717) is 4.35 Å². The molecule has 0 spiro atoms. The van der Waals surface area contributed by atoms with Gasteiger partial charge in [-0.2, -0.15) is 0 Å². The molecular weight excluding hydrogens is 409 g/mol. The molecule has 0 aliphatic carbocycles. The van der Waals surface area contributed by atoms with Crippen molar-refractivity contribution in [3.05, 3.63) is 24.3 Å². The molecule has 2 atom stereocenters. The standard InChI is InChI=1S/C12H16AsNO7S2/c1-8(15)14-11(12(16)21-2)7-22-13(17)9-3-5-10(6-4-9)23(18,19)20/h3-6,11,17H,7H2,1-2H3,(H,14,15)(H,18,19,20)/p-1/t11-,13?/m0/s1. The van der Waals surface area contributed by atoms with Gasteiger partial charge < -0.3 is 0 Å². The van der Waals surface area contributed by atoms with Crippen molar-refractivity contribution < 1.29 is 31.7 Å². The van der Waals surface area contributed by atoms with Gasteiger partial charge in [0.25, 0.3) is 0 Å². The summed E-state index contributed by atoms with van der Waals surface area (Å²) in [4.78, 5) is 14.9. The molecule has 0 aliphatic rings. The van der Waals surface area contributed by atoms with Crippen LogP contribution in [-0.2, 0) is 19.6 Å². The number of benzene rings is 1. The molecule has 11 heteroatoms. The molecule has 0 aliphatic heterocycles. The quantitative estimate of drug-likeness (QED) is 0.181. The monoisotopic (exact) mass is 424 g/mol. The predicted molar refractivity (Wildman–Crippen MR) is 85.2 cm³/mol. The summed E-state index contributed by atoms with van der Waals surface area (Å²) in [7, 11) is -2.03. The van der Waals surface area contributed by atoms with Crippen molar-refractivity contribution in [3.63, 3.8) is 0 Å². The number of aliphatic imine (C=N–C) groups is 1. The molecule has 1 aromatic rings. The van der Waals surface area contributed by atoms with Gasteiger partial charge in [0.2, 0.25) is 0 Å². The number of ether oxygens (including phenoxy) is 1. The van der Waals surface area contributed by atoms with Crippen molar-refractivity contribution in [2.75, 3.05) is 12.9 Å². The molecule has 0 fully saturated rings. The van der Waals surface area contributed by atoms with Crippen LogP contribution in [0, 0.1) is 0 Å². The number of hydrogen-bond acceptors (Lipinski definition) is 8. The number of hydrogen-bond donors (Lipinski definition) is 2. The Hall–Kier alpha value is -1.06. The zero-order valence-corrected chi connectivity index (χ0v) is 15.8. The van der Waals surface area contributed by atoms with Crippen LogP contribution in [0.3, 0.4) is 0 Å². The second kappa shape index (κ2) is 8.70. The number of carbonyl (C=O) groups is 1. The molecule has 23 heavy (non-hydrogen) atoms. The molecule has 0 bridgehead atoms. The van der Waals surface area contributed by atoms with Crippen LogP contribution >= 0.6 is 10.0 Å². The van der Waals surface area contributed by atoms with Gasteiger partial charge >= 0.3 is 142 Å². The fourth-order valence-corrected chi connectivity index (χ4v) is 6.79. The van der Waals surface area contributed by atoms with Crippen molar-refractivity contribution in [3.8, 4) is 0 Å². The number of rotatable bonds is 7. The Balaban J connectivity index is 2.76. The van der Waals surface area contributed by atoms with Gasteiger partial charge in [-0.15, -0.1) is 0 Å². The van der Waals surface area contributed by atoms with E-state index in [9.17, 15) is 22.4 Å². The van der Waals surface area contributed by atoms with Crippen LogP contribution in [0.1, 0.15) is 6.92 Å². The molecule has 0 heterocycles. The van der Waals surface area contributed by atoms with E-state index in [-0.39, 0.29) is 10.6 Å². The third-order valence-electron chi connectivity index (χ3n) is 2.52. The Labute approximate surface area is 141 Å². The summed E-state index contributed by atoms with van der Waals surface area (Å²) in [6, 6.07) is 4.15. The Morgan fingerprint density at radius 3 is 2.43 bits per heavy atom. The summed E-state index contributed by atoms with van der Waals surface area (Å²) < 4.78 is 46.0. The fraction of sp³-hybridized carbons (Fsp3) is 0.333. The molecule has 0 radical (unpaired) electrons. The summed E-state index contributed by atoms with van der Waals surface area (Å²) in [6.45, 7) is 1.21. The van der Waals surface area contributed by atoms with E-state index in [1.54, 1.807) is 0 Å². The molecule has 0 saturated heterocycles. The van der Waals surface area contributed by atoms with E-state index >= 15 is 0 Å². The van der Waals surface area contributed by atoms with E-state index in [2.05, 4.69) is 9.73 Å². The third-order valence-corrected chi connectivity index (χ3v) is 9.22. The third kappa shape index (κ3) is 6.52. The Bertz CT molecular complexity index is 671. The first-order chi connectivity index (χ1) is 10.6. The number of methoxy groups -OCH3 is 1. The van der Waals surface area contributed by atoms with Crippen LogP contribution in [0.25, 0.3) is 0 Å². The topological polar surface area (TPSA) is 136 Å². The normalized spacial score (nSPS) is 15.0. The van der Waals surface area contributed by atoms with Gasteiger partial charge in [0.15, 0.2) is 0 Å². The zero-order valence-electron chi connectivity index (χ0n) is 12.2. The average Bonchev–Trinajstić information content (AvgIpc) is 2.49. The molecule has 0 amide bonds. The average molecular weight is 424 g/mol. The molecule has 1 unspecified atom stereocenters. The molecule has 8 nitrogen and oxygen atoms in total. The molecule has 1 rings (SSSR count). The first-order valence-electron chi connectivity index (χ1n) is 6.14. The first kappa shape index (κ1) is 20.0. The molecule has 0 saturated carbocycles. The van der Waals surface area contributed by atoms with Gasteiger partial charge in [0.05, 0.1) is 0 Å². The van der Waals surface area contributed by atoms with Crippen molar-refractivity contribution >= 4 is 50.2 Å². The minimum absolute atomic E-state index is 0.0722. The number of nitrogens with zero attached hydrogens (tertiary/aromatic N) is 1.